The fraction of sp³-hybridized carbons (Fsp3) is 0.636. The van der Waals surface area contributed by atoms with Gasteiger partial charge in [0.1, 0.15) is 0 Å². The molecule has 0 saturated heterocycles. The van der Waals surface area contributed by atoms with Crippen LogP contribution >= 0.6 is 0 Å². The molecular formula is C11H20N4O. The second-order valence-electron chi connectivity index (χ2n) is 4.43. The first kappa shape index (κ1) is 12.7. The molecule has 0 aliphatic heterocycles. The van der Waals surface area contributed by atoms with Crippen LogP contribution in [0.25, 0.3) is 0 Å². The monoisotopic (exact) mass is 224 g/mol. The summed E-state index contributed by atoms with van der Waals surface area (Å²) < 4.78 is 1.70. The van der Waals surface area contributed by atoms with E-state index in [2.05, 4.69) is 10.4 Å². The molecule has 3 N–H and O–H groups in total. The molecule has 16 heavy (non-hydrogen) atoms. The van der Waals surface area contributed by atoms with E-state index in [1.54, 1.807) is 4.68 Å². The second-order valence-corrected chi connectivity index (χ2v) is 4.43. The molecule has 1 rings (SSSR count). The maximum atomic E-state index is 11.6. The van der Waals surface area contributed by atoms with Crippen LogP contribution < -0.4 is 11.1 Å². The molecule has 5 heteroatoms. The van der Waals surface area contributed by atoms with Crippen molar-refractivity contribution in [1.29, 1.82) is 0 Å². The van der Waals surface area contributed by atoms with Gasteiger partial charge in [0.25, 0.3) is 0 Å². The molecule has 1 atom stereocenters. The van der Waals surface area contributed by atoms with Crippen LogP contribution in [0.5, 0.6) is 0 Å². The van der Waals surface area contributed by atoms with Crippen LogP contribution in [0.15, 0.2) is 12.3 Å². The van der Waals surface area contributed by atoms with Crippen LogP contribution in [0.4, 0.5) is 0 Å². The summed E-state index contributed by atoms with van der Waals surface area (Å²) in [6, 6.07) is 1.44. The maximum absolute atomic E-state index is 11.6. The number of amides is 1. The third-order valence-electron chi connectivity index (χ3n) is 2.27. The van der Waals surface area contributed by atoms with Crippen LogP contribution in [-0.2, 0) is 18.4 Å². The minimum absolute atomic E-state index is 0.112. The van der Waals surface area contributed by atoms with Crippen molar-refractivity contribution < 1.29 is 4.79 Å². The molecule has 1 aromatic heterocycles. The molecule has 0 fully saturated rings. The third-order valence-corrected chi connectivity index (χ3v) is 2.27. The van der Waals surface area contributed by atoms with E-state index in [1.807, 2.05) is 33.2 Å². The summed E-state index contributed by atoms with van der Waals surface area (Å²) in [6.45, 7) is 4.53. The van der Waals surface area contributed by atoms with Gasteiger partial charge in [-0.25, -0.2) is 0 Å². The van der Waals surface area contributed by atoms with Crippen LogP contribution in [0.2, 0.25) is 0 Å². The fourth-order valence-corrected chi connectivity index (χ4v) is 1.48. The van der Waals surface area contributed by atoms with Crippen molar-refractivity contribution in [3.05, 3.63) is 18.0 Å². The van der Waals surface area contributed by atoms with E-state index >= 15 is 0 Å². The smallest absolute Gasteiger partial charge is 0.237 e. The van der Waals surface area contributed by atoms with Crippen LogP contribution in [0.3, 0.4) is 0 Å². The Labute approximate surface area is 96.0 Å². The van der Waals surface area contributed by atoms with E-state index < -0.39 is 6.04 Å². The summed E-state index contributed by atoms with van der Waals surface area (Å²) in [5.41, 5.74) is 6.59. The molecule has 1 heterocycles. The minimum atomic E-state index is -0.427. The Morgan fingerprint density at radius 3 is 2.81 bits per heavy atom. The van der Waals surface area contributed by atoms with E-state index in [9.17, 15) is 4.79 Å². The molecule has 0 saturated carbocycles. The van der Waals surface area contributed by atoms with Gasteiger partial charge in [-0.2, -0.15) is 5.10 Å². The number of hydrogen-bond acceptors (Lipinski definition) is 3. The highest BCUT2D eigenvalue weighted by molar-refractivity contribution is 5.81. The number of carbonyl (C=O) groups excluding carboxylic acids is 1. The summed E-state index contributed by atoms with van der Waals surface area (Å²) in [4.78, 5) is 11.6. The van der Waals surface area contributed by atoms with Gasteiger partial charge in [0.05, 0.1) is 18.3 Å². The number of hydrogen-bond donors (Lipinski definition) is 2. The molecule has 5 nitrogen and oxygen atoms in total. The van der Waals surface area contributed by atoms with Gasteiger partial charge >= 0.3 is 0 Å². The second kappa shape index (κ2) is 5.65. The predicted octanol–water partition coefficient (Wildman–Crippen LogP) is 0.410. The summed E-state index contributed by atoms with van der Waals surface area (Å²) in [5, 5.41) is 6.94. The zero-order valence-corrected chi connectivity index (χ0v) is 10.1. The number of rotatable bonds is 5. The number of nitrogens with one attached hydrogen (secondary N) is 1. The van der Waals surface area contributed by atoms with Gasteiger partial charge in [-0.1, -0.05) is 13.8 Å². The van der Waals surface area contributed by atoms with Gasteiger partial charge in [0.15, 0.2) is 0 Å². The van der Waals surface area contributed by atoms with E-state index in [1.165, 1.54) is 0 Å². The first-order valence-electron chi connectivity index (χ1n) is 5.51. The van der Waals surface area contributed by atoms with Gasteiger partial charge in [-0.3, -0.25) is 9.48 Å². The molecule has 0 aromatic carbocycles. The average Bonchev–Trinajstić information content (AvgIpc) is 2.59. The largest absolute Gasteiger partial charge is 0.349 e. The first-order valence-corrected chi connectivity index (χ1v) is 5.51. The van der Waals surface area contributed by atoms with Gasteiger partial charge < -0.3 is 11.1 Å². The first-order chi connectivity index (χ1) is 7.49. The number of nitrogens with two attached hydrogens (primary N) is 1. The van der Waals surface area contributed by atoms with Gasteiger partial charge in [-0.05, 0) is 18.4 Å². The van der Waals surface area contributed by atoms with E-state index in [0.717, 1.165) is 5.69 Å². The predicted molar refractivity (Wildman–Crippen MR) is 62.5 cm³/mol. The highest BCUT2D eigenvalue weighted by Gasteiger charge is 2.14. The van der Waals surface area contributed by atoms with Crippen molar-refractivity contribution in [3.8, 4) is 0 Å². The lowest BCUT2D eigenvalue weighted by atomic mass is 10.0. The molecule has 1 aromatic rings. The van der Waals surface area contributed by atoms with Crippen molar-refractivity contribution in [2.24, 2.45) is 18.7 Å². The normalized spacial score (nSPS) is 12.8. The average molecular weight is 224 g/mol. The lowest BCUT2D eigenvalue weighted by Crippen LogP contribution is -2.41. The third kappa shape index (κ3) is 4.02. The highest BCUT2D eigenvalue weighted by Crippen LogP contribution is 2.02. The Balaban J connectivity index is 2.35. The molecule has 0 spiro atoms. The zero-order chi connectivity index (χ0) is 12.1. The van der Waals surface area contributed by atoms with Crippen molar-refractivity contribution in [1.82, 2.24) is 15.1 Å². The topological polar surface area (TPSA) is 72.9 Å². The van der Waals surface area contributed by atoms with Gasteiger partial charge in [0.2, 0.25) is 5.91 Å². The molecule has 1 amide bonds. The van der Waals surface area contributed by atoms with Crippen LogP contribution in [0.1, 0.15) is 26.0 Å². The van der Waals surface area contributed by atoms with Crippen molar-refractivity contribution in [3.63, 3.8) is 0 Å². The van der Waals surface area contributed by atoms with Crippen LogP contribution in [-0.4, -0.2) is 21.7 Å². The van der Waals surface area contributed by atoms with Crippen molar-refractivity contribution in [2.45, 2.75) is 32.9 Å². The summed E-state index contributed by atoms with van der Waals surface area (Å²) in [5.74, 6) is 0.315. The summed E-state index contributed by atoms with van der Waals surface area (Å²) in [6.07, 6.45) is 2.55. The number of carbonyl (C=O) groups is 1. The van der Waals surface area contributed by atoms with Crippen molar-refractivity contribution >= 4 is 5.91 Å². The van der Waals surface area contributed by atoms with E-state index in [4.69, 9.17) is 5.73 Å². The number of aromatic nitrogens is 2. The standard InChI is InChI=1S/C11H20N4O/c1-8(2)6-10(12)11(16)13-7-9-4-5-15(3)14-9/h4-5,8,10H,6-7,12H2,1-3H3,(H,13,16). The van der Waals surface area contributed by atoms with E-state index in [-0.39, 0.29) is 5.91 Å². The van der Waals surface area contributed by atoms with Gasteiger partial charge in [0, 0.05) is 13.2 Å². The maximum Gasteiger partial charge on any atom is 0.237 e. The molecule has 0 bridgehead atoms. The Bertz CT molecular complexity index is 346. The van der Waals surface area contributed by atoms with Crippen molar-refractivity contribution in [2.75, 3.05) is 0 Å². The Morgan fingerprint density at radius 1 is 1.62 bits per heavy atom. The Morgan fingerprint density at radius 2 is 2.31 bits per heavy atom. The van der Waals surface area contributed by atoms with Crippen LogP contribution in [0, 0.1) is 5.92 Å². The molecule has 1 unspecified atom stereocenters. The fourth-order valence-electron chi connectivity index (χ4n) is 1.48. The van der Waals surface area contributed by atoms with Gasteiger partial charge in [-0.15, -0.1) is 0 Å². The SMILES string of the molecule is CC(C)CC(N)C(=O)NCc1ccn(C)n1. The molecule has 0 aliphatic carbocycles. The molecular weight excluding hydrogens is 204 g/mol. The van der Waals surface area contributed by atoms with E-state index in [0.29, 0.717) is 18.9 Å². The minimum Gasteiger partial charge on any atom is -0.349 e. The molecule has 0 aliphatic rings. The summed E-state index contributed by atoms with van der Waals surface area (Å²) >= 11 is 0. The summed E-state index contributed by atoms with van der Waals surface area (Å²) in [7, 11) is 1.84. The highest BCUT2D eigenvalue weighted by atomic mass is 16.2. The number of aryl methyl sites for hydroxylation is 1. The Kier molecular flexibility index (Phi) is 4.49. The Hall–Kier alpha value is -1.36. The quantitative estimate of drug-likeness (QED) is 0.761. The lowest BCUT2D eigenvalue weighted by Gasteiger charge is -2.13. The molecule has 0 radical (unpaired) electrons. The lowest BCUT2D eigenvalue weighted by molar-refractivity contribution is -0.122. The zero-order valence-electron chi connectivity index (χ0n) is 10.1. The number of nitrogens with zero attached hydrogens (tertiary/aromatic N) is 2. The molecule has 90 valence electrons.